The van der Waals surface area contributed by atoms with Crippen molar-refractivity contribution in [3.63, 3.8) is 0 Å². The van der Waals surface area contributed by atoms with Crippen molar-refractivity contribution in [3.8, 4) is 0 Å². The molecular formula is C15H22O3Si. The molecule has 4 heteroatoms. The maximum absolute atomic E-state index is 12.5. The summed E-state index contributed by atoms with van der Waals surface area (Å²) >= 11 is 0. The number of allylic oxidation sites excluding steroid dienone is 4. The second-order valence-corrected chi connectivity index (χ2v) is 10.5. The predicted octanol–water partition coefficient (Wildman–Crippen LogP) is 3.07. The molecule has 0 aromatic heterocycles. The van der Waals surface area contributed by atoms with Gasteiger partial charge in [-0.05, 0) is 25.7 Å². The number of carbonyl (C=O) groups excluding carboxylic acids is 1. The number of hydrogen-bond donors (Lipinski definition) is 0. The third kappa shape index (κ3) is 3.45. The SMILES string of the molecule is COC1C=C(O[Si](C)(C)C)CC2C=CC=CC1C2=O. The van der Waals surface area contributed by atoms with E-state index in [0.717, 1.165) is 5.76 Å². The molecule has 0 fully saturated rings. The summed E-state index contributed by atoms with van der Waals surface area (Å²) < 4.78 is 11.6. The van der Waals surface area contributed by atoms with Gasteiger partial charge in [0.25, 0.3) is 0 Å². The second kappa shape index (κ2) is 5.47. The fraction of sp³-hybridized carbons (Fsp3) is 0.533. The monoisotopic (exact) mass is 278 g/mol. The van der Waals surface area contributed by atoms with Gasteiger partial charge in [0.1, 0.15) is 5.78 Å². The molecule has 2 bridgehead atoms. The topological polar surface area (TPSA) is 35.5 Å². The van der Waals surface area contributed by atoms with Gasteiger partial charge in [0.2, 0.25) is 8.32 Å². The first kappa shape index (κ1) is 14.3. The van der Waals surface area contributed by atoms with Crippen LogP contribution in [0.5, 0.6) is 0 Å². The van der Waals surface area contributed by atoms with Crippen LogP contribution in [0, 0.1) is 11.8 Å². The molecule has 3 unspecified atom stereocenters. The molecule has 0 saturated carbocycles. The van der Waals surface area contributed by atoms with Gasteiger partial charge in [-0.2, -0.15) is 0 Å². The number of ketones is 1. The molecule has 0 aromatic rings. The van der Waals surface area contributed by atoms with Crippen LogP contribution in [-0.2, 0) is 14.0 Å². The van der Waals surface area contributed by atoms with E-state index in [0.29, 0.717) is 6.42 Å². The van der Waals surface area contributed by atoms with Crippen molar-refractivity contribution in [2.45, 2.75) is 32.2 Å². The number of Topliss-reactive ketones (excluding diaryl/α,β-unsaturated/α-hetero) is 1. The molecule has 19 heavy (non-hydrogen) atoms. The Kier molecular flexibility index (Phi) is 4.11. The predicted molar refractivity (Wildman–Crippen MR) is 78.2 cm³/mol. The van der Waals surface area contributed by atoms with Crippen LogP contribution in [0.15, 0.2) is 36.1 Å². The number of carbonyl (C=O) groups is 1. The molecule has 0 amide bonds. The highest BCUT2D eigenvalue weighted by Gasteiger charge is 2.35. The lowest BCUT2D eigenvalue weighted by molar-refractivity contribution is -0.126. The molecule has 3 nitrogen and oxygen atoms in total. The van der Waals surface area contributed by atoms with E-state index in [2.05, 4.69) is 19.6 Å². The second-order valence-electron chi connectivity index (χ2n) is 6.06. The van der Waals surface area contributed by atoms with E-state index in [9.17, 15) is 4.79 Å². The summed E-state index contributed by atoms with van der Waals surface area (Å²) in [4.78, 5) is 12.5. The van der Waals surface area contributed by atoms with Gasteiger partial charge in [0.15, 0.2) is 0 Å². The Labute approximate surface area is 116 Å². The van der Waals surface area contributed by atoms with Crippen molar-refractivity contribution in [2.75, 3.05) is 7.11 Å². The van der Waals surface area contributed by atoms with E-state index in [1.807, 2.05) is 30.4 Å². The Hall–Kier alpha value is -1.13. The lowest BCUT2D eigenvalue weighted by Gasteiger charge is -2.23. The summed E-state index contributed by atoms with van der Waals surface area (Å²) in [6.07, 6.45) is 10.2. The number of hydrogen-bond acceptors (Lipinski definition) is 3. The van der Waals surface area contributed by atoms with Crippen molar-refractivity contribution in [1.82, 2.24) is 0 Å². The van der Waals surface area contributed by atoms with Crippen molar-refractivity contribution in [1.29, 1.82) is 0 Å². The average molecular weight is 278 g/mol. The molecule has 0 N–H and O–H groups in total. The lowest BCUT2D eigenvalue weighted by Crippen LogP contribution is -2.28. The third-order valence-electron chi connectivity index (χ3n) is 3.30. The Bertz CT molecular complexity index is 443. The van der Waals surface area contributed by atoms with Gasteiger partial charge in [-0.15, -0.1) is 0 Å². The van der Waals surface area contributed by atoms with Crippen molar-refractivity contribution >= 4 is 14.1 Å². The molecule has 0 spiro atoms. The minimum absolute atomic E-state index is 0.0947. The molecule has 0 radical (unpaired) electrons. The fourth-order valence-corrected chi connectivity index (χ4v) is 3.45. The normalized spacial score (nSPS) is 30.6. The number of ether oxygens (including phenoxy) is 1. The highest BCUT2D eigenvalue weighted by atomic mass is 28.4. The quantitative estimate of drug-likeness (QED) is 0.744. The minimum Gasteiger partial charge on any atom is -0.547 e. The van der Waals surface area contributed by atoms with E-state index < -0.39 is 8.32 Å². The molecule has 2 rings (SSSR count). The number of rotatable bonds is 3. The molecule has 2 aliphatic carbocycles. The van der Waals surface area contributed by atoms with E-state index in [1.165, 1.54) is 0 Å². The summed E-state index contributed by atoms with van der Waals surface area (Å²) in [5.41, 5.74) is 0. The zero-order chi connectivity index (χ0) is 14.0. The number of fused-ring (bicyclic) bond motifs is 2. The first-order valence-electron chi connectivity index (χ1n) is 6.72. The van der Waals surface area contributed by atoms with E-state index >= 15 is 0 Å². The highest BCUT2D eigenvalue weighted by molar-refractivity contribution is 6.70. The molecular weight excluding hydrogens is 256 g/mol. The first-order chi connectivity index (χ1) is 8.90. The summed E-state index contributed by atoms with van der Waals surface area (Å²) in [5.74, 6) is 0.838. The first-order valence-corrected chi connectivity index (χ1v) is 10.1. The van der Waals surface area contributed by atoms with Gasteiger partial charge in [-0.3, -0.25) is 4.79 Å². The molecule has 0 heterocycles. The Morgan fingerprint density at radius 2 is 1.89 bits per heavy atom. The van der Waals surface area contributed by atoms with Gasteiger partial charge in [0, 0.05) is 19.4 Å². The van der Waals surface area contributed by atoms with Gasteiger partial charge in [-0.25, -0.2) is 0 Å². The van der Waals surface area contributed by atoms with Crippen LogP contribution in [-0.4, -0.2) is 27.3 Å². The lowest BCUT2D eigenvalue weighted by atomic mass is 9.90. The van der Waals surface area contributed by atoms with Crippen molar-refractivity contribution in [3.05, 3.63) is 36.1 Å². The summed E-state index contributed by atoms with van der Waals surface area (Å²) in [6, 6.07) is 0. The Morgan fingerprint density at radius 1 is 1.21 bits per heavy atom. The van der Waals surface area contributed by atoms with Crippen LogP contribution in [0.3, 0.4) is 0 Å². The summed E-state index contributed by atoms with van der Waals surface area (Å²) in [6.45, 7) is 6.45. The van der Waals surface area contributed by atoms with Crippen LogP contribution in [0.1, 0.15) is 6.42 Å². The van der Waals surface area contributed by atoms with Crippen molar-refractivity contribution < 1.29 is 14.0 Å². The zero-order valence-electron chi connectivity index (χ0n) is 12.1. The van der Waals surface area contributed by atoms with Gasteiger partial charge in [0.05, 0.1) is 17.8 Å². The third-order valence-corrected chi connectivity index (χ3v) is 4.18. The average Bonchev–Trinajstić information content (AvgIpc) is 2.55. The van der Waals surface area contributed by atoms with Crippen LogP contribution >= 0.6 is 0 Å². The highest BCUT2D eigenvalue weighted by Crippen LogP contribution is 2.31. The van der Waals surface area contributed by atoms with Crippen LogP contribution < -0.4 is 0 Å². The summed E-state index contributed by atoms with van der Waals surface area (Å²) in [7, 11) is -0.0193. The Morgan fingerprint density at radius 3 is 2.53 bits per heavy atom. The van der Waals surface area contributed by atoms with Crippen molar-refractivity contribution in [2.24, 2.45) is 11.8 Å². The standard InChI is InChI=1S/C15H22O3Si/c1-17-14-10-12(18-19(2,3)4)9-11-7-5-6-8-13(14)15(11)16/h5-8,10-11,13-14H,9H2,1-4H3. The van der Waals surface area contributed by atoms with E-state index in [1.54, 1.807) is 7.11 Å². The smallest absolute Gasteiger partial charge is 0.241 e. The largest absolute Gasteiger partial charge is 0.547 e. The molecule has 2 aliphatic rings. The van der Waals surface area contributed by atoms with Crippen LogP contribution in [0.4, 0.5) is 0 Å². The van der Waals surface area contributed by atoms with E-state index in [4.69, 9.17) is 9.16 Å². The zero-order valence-corrected chi connectivity index (χ0v) is 13.1. The molecule has 0 aromatic carbocycles. The van der Waals surface area contributed by atoms with Gasteiger partial charge in [-0.1, -0.05) is 24.3 Å². The van der Waals surface area contributed by atoms with Crippen LogP contribution in [0.25, 0.3) is 0 Å². The Balaban J connectivity index is 2.32. The maximum atomic E-state index is 12.5. The maximum Gasteiger partial charge on any atom is 0.241 e. The summed E-state index contributed by atoms with van der Waals surface area (Å²) in [5, 5.41) is 0. The van der Waals surface area contributed by atoms with Gasteiger partial charge >= 0.3 is 0 Å². The molecule has 104 valence electrons. The number of methoxy groups -OCH3 is 1. The molecule has 0 saturated heterocycles. The minimum atomic E-state index is -1.67. The fourth-order valence-electron chi connectivity index (χ4n) is 2.51. The molecule has 0 aliphatic heterocycles. The molecule has 3 atom stereocenters. The van der Waals surface area contributed by atoms with E-state index in [-0.39, 0.29) is 23.7 Å². The van der Waals surface area contributed by atoms with Gasteiger partial charge < -0.3 is 9.16 Å². The van der Waals surface area contributed by atoms with Crippen LogP contribution in [0.2, 0.25) is 19.6 Å².